The van der Waals surface area contributed by atoms with E-state index < -0.39 is 5.97 Å². The van der Waals surface area contributed by atoms with Crippen LogP contribution in [0, 0.1) is 13.8 Å². The number of rotatable bonds is 5. The van der Waals surface area contributed by atoms with Gasteiger partial charge in [0.15, 0.2) is 6.61 Å². The van der Waals surface area contributed by atoms with Gasteiger partial charge in [0, 0.05) is 0 Å². The molecular formula is C23H23NO3. The van der Waals surface area contributed by atoms with Crippen LogP contribution in [0.4, 0.5) is 0 Å². The number of esters is 1. The summed E-state index contributed by atoms with van der Waals surface area (Å²) < 4.78 is 5.23. The standard InChI is InChI=1S/C23H23NO3/c1-15-11-12-19(13-16(15)2)17(3)24-22(25)14-27-23(26)21-10-6-8-18-7-4-5-9-20(18)21/h4-13,17H,14H2,1-3H3,(H,24,25)/t17-/m0/s1. The van der Waals surface area contributed by atoms with Gasteiger partial charge in [-0.15, -0.1) is 0 Å². The summed E-state index contributed by atoms with van der Waals surface area (Å²) in [6.07, 6.45) is 0. The molecule has 3 aromatic carbocycles. The minimum Gasteiger partial charge on any atom is -0.452 e. The second-order valence-electron chi connectivity index (χ2n) is 6.74. The number of carbonyl (C=O) groups excluding carboxylic acids is 2. The maximum absolute atomic E-state index is 12.4. The number of aryl methyl sites for hydroxylation is 2. The van der Waals surface area contributed by atoms with Crippen LogP contribution in [0.1, 0.15) is 40.0 Å². The van der Waals surface area contributed by atoms with Crippen LogP contribution >= 0.6 is 0 Å². The van der Waals surface area contributed by atoms with Gasteiger partial charge >= 0.3 is 5.97 Å². The molecule has 0 heterocycles. The minimum absolute atomic E-state index is 0.159. The lowest BCUT2D eigenvalue weighted by Gasteiger charge is -2.16. The van der Waals surface area contributed by atoms with Crippen LogP contribution in [0.15, 0.2) is 60.7 Å². The predicted octanol–water partition coefficient (Wildman–Crippen LogP) is 4.49. The molecule has 4 heteroatoms. The Morgan fingerprint density at radius 3 is 2.48 bits per heavy atom. The highest BCUT2D eigenvalue weighted by Crippen LogP contribution is 2.19. The maximum atomic E-state index is 12.4. The molecule has 0 unspecified atom stereocenters. The molecule has 3 aromatic rings. The Hall–Kier alpha value is -3.14. The highest BCUT2D eigenvalue weighted by atomic mass is 16.5. The number of benzene rings is 3. The summed E-state index contributed by atoms with van der Waals surface area (Å²) in [6, 6.07) is 19.0. The van der Waals surface area contributed by atoms with Crippen molar-refractivity contribution in [3.63, 3.8) is 0 Å². The average Bonchev–Trinajstić information content (AvgIpc) is 2.67. The van der Waals surface area contributed by atoms with Gasteiger partial charge in [0.1, 0.15) is 0 Å². The third kappa shape index (κ3) is 4.34. The topological polar surface area (TPSA) is 55.4 Å². The number of hydrogen-bond acceptors (Lipinski definition) is 3. The first-order valence-corrected chi connectivity index (χ1v) is 8.97. The van der Waals surface area contributed by atoms with E-state index in [1.54, 1.807) is 12.1 Å². The van der Waals surface area contributed by atoms with Crippen LogP contribution in [0.5, 0.6) is 0 Å². The van der Waals surface area contributed by atoms with Crippen molar-refractivity contribution in [3.8, 4) is 0 Å². The minimum atomic E-state index is -0.499. The van der Waals surface area contributed by atoms with E-state index in [0.29, 0.717) is 5.56 Å². The van der Waals surface area contributed by atoms with Crippen molar-refractivity contribution in [1.29, 1.82) is 0 Å². The molecule has 0 aliphatic rings. The molecule has 1 amide bonds. The maximum Gasteiger partial charge on any atom is 0.339 e. The summed E-state index contributed by atoms with van der Waals surface area (Å²) in [6.45, 7) is 5.69. The van der Waals surface area contributed by atoms with Crippen molar-refractivity contribution in [2.45, 2.75) is 26.8 Å². The molecule has 1 atom stereocenters. The Kier molecular flexibility index (Phi) is 5.55. The van der Waals surface area contributed by atoms with Gasteiger partial charge in [0.25, 0.3) is 5.91 Å². The van der Waals surface area contributed by atoms with E-state index in [0.717, 1.165) is 16.3 Å². The second kappa shape index (κ2) is 8.04. The zero-order valence-electron chi connectivity index (χ0n) is 15.8. The third-order valence-corrected chi connectivity index (χ3v) is 4.75. The van der Waals surface area contributed by atoms with Crippen LogP contribution in [-0.2, 0) is 9.53 Å². The molecule has 1 N–H and O–H groups in total. The van der Waals surface area contributed by atoms with Crippen molar-refractivity contribution in [2.24, 2.45) is 0 Å². The van der Waals surface area contributed by atoms with Gasteiger partial charge in [-0.2, -0.15) is 0 Å². The van der Waals surface area contributed by atoms with Crippen molar-refractivity contribution in [3.05, 3.63) is 82.9 Å². The first-order valence-electron chi connectivity index (χ1n) is 8.97. The number of ether oxygens (including phenoxy) is 1. The average molecular weight is 361 g/mol. The lowest BCUT2D eigenvalue weighted by atomic mass is 10.0. The first-order chi connectivity index (χ1) is 13.0. The predicted molar refractivity (Wildman–Crippen MR) is 107 cm³/mol. The molecule has 0 fully saturated rings. The van der Waals surface area contributed by atoms with E-state index in [-0.39, 0.29) is 18.6 Å². The van der Waals surface area contributed by atoms with E-state index in [4.69, 9.17) is 4.74 Å². The number of nitrogens with one attached hydrogen (secondary N) is 1. The molecule has 0 spiro atoms. The van der Waals surface area contributed by atoms with E-state index >= 15 is 0 Å². The Balaban J connectivity index is 1.61. The molecule has 0 aliphatic carbocycles. The lowest BCUT2D eigenvalue weighted by molar-refractivity contribution is -0.124. The third-order valence-electron chi connectivity index (χ3n) is 4.75. The van der Waals surface area contributed by atoms with Gasteiger partial charge in [-0.1, -0.05) is 54.6 Å². The van der Waals surface area contributed by atoms with Crippen LogP contribution in [-0.4, -0.2) is 18.5 Å². The summed E-state index contributed by atoms with van der Waals surface area (Å²) in [5.74, 6) is -0.824. The van der Waals surface area contributed by atoms with Crippen LogP contribution in [0.25, 0.3) is 10.8 Å². The number of hydrogen-bond donors (Lipinski definition) is 1. The van der Waals surface area contributed by atoms with E-state index in [1.165, 1.54) is 11.1 Å². The second-order valence-corrected chi connectivity index (χ2v) is 6.74. The van der Waals surface area contributed by atoms with Crippen molar-refractivity contribution < 1.29 is 14.3 Å². The highest BCUT2D eigenvalue weighted by molar-refractivity contribution is 6.04. The quantitative estimate of drug-likeness (QED) is 0.681. The zero-order chi connectivity index (χ0) is 19.4. The van der Waals surface area contributed by atoms with Crippen LogP contribution < -0.4 is 5.32 Å². The lowest BCUT2D eigenvalue weighted by Crippen LogP contribution is -2.31. The van der Waals surface area contributed by atoms with Gasteiger partial charge in [0.05, 0.1) is 11.6 Å². The molecule has 3 rings (SSSR count). The number of fused-ring (bicyclic) bond motifs is 1. The van der Waals surface area contributed by atoms with E-state index in [2.05, 4.69) is 18.3 Å². The molecule has 0 bridgehead atoms. The fourth-order valence-electron chi connectivity index (χ4n) is 3.01. The monoisotopic (exact) mass is 361 g/mol. The van der Waals surface area contributed by atoms with Gasteiger partial charge in [0.2, 0.25) is 0 Å². The van der Waals surface area contributed by atoms with Crippen molar-refractivity contribution in [1.82, 2.24) is 5.32 Å². The van der Waals surface area contributed by atoms with Crippen LogP contribution in [0.2, 0.25) is 0 Å². The molecule has 0 saturated carbocycles. The Morgan fingerprint density at radius 2 is 1.70 bits per heavy atom. The van der Waals surface area contributed by atoms with Crippen LogP contribution in [0.3, 0.4) is 0 Å². The normalized spacial score (nSPS) is 11.8. The Bertz CT molecular complexity index is 989. The highest BCUT2D eigenvalue weighted by Gasteiger charge is 2.15. The fraction of sp³-hybridized carbons (Fsp3) is 0.217. The summed E-state index contributed by atoms with van der Waals surface area (Å²) in [7, 11) is 0. The summed E-state index contributed by atoms with van der Waals surface area (Å²) >= 11 is 0. The molecular weight excluding hydrogens is 338 g/mol. The molecule has 0 aliphatic heterocycles. The fourth-order valence-corrected chi connectivity index (χ4v) is 3.01. The summed E-state index contributed by atoms with van der Waals surface area (Å²) in [4.78, 5) is 24.6. The smallest absolute Gasteiger partial charge is 0.339 e. The van der Waals surface area contributed by atoms with E-state index in [9.17, 15) is 9.59 Å². The van der Waals surface area contributed by atoms with Gasteiger partial charge in [-0.05, 0) is 54.3 Å². The molecule has 27 heavy (non-hydrogen) atoms. The van der Waals surface area contributed by atoms with Crippen molar-refractivity contribution in [2.75, 3.05) is 6.61 Å². The SMILES string of the molecule is Cc1ccc([C@H](C)NC(=O)COC(=O)c2cccc3ccccc23)cc1C. The largest absolute Gasteiger partial charge is 0.452 e. The summed E-state index contributed by atoms with van der Waals surface area (Å²) in [5.41, 5.74) is 3.87. The molecule has 4 nitrogen and oxygen atoms in total. The molecule has 0 aromatic heterocycles. The number of amides is 1. The van der Waals surface area contributed by atoms with E-state index in [1.807, 2.05) is 56.3 Å². The Labute approximate surface area is 159 Å². The Morgan fingerprint density at radius 1 is 0.963 bits per heavy atom. The van der Waals surface area contributed by atoms with Gasteiger partial charge < -0.3 is 10.1 Å². The molecule has 138 valence electrons. The van der Waals surface area contributed by atoms with Gasteiger partial charge in [-0.25, -0.2) is 4.79 Å². The van der Waals surface area contributed by atoms with Crippen molar-refractivity contribution >= 4 is 22.6 Å². The first kappa shape index (κ1) is 18.6. The number of carbonyl (C=O) groups is 2. The van der Waals surface area contributed by atoms with Gasteiger partial charge in [-0.3, -0.25) is 4.79 Å². The molecule has 0 radical (unpaired) electrons. The summed E-state index contributed by atoms with van der Waals surface area (Å²) in [5, 5.41) is 4.64. The molecule has 0 saturated heterocycles. The zero-order valence-corrected chi connectivity index (χ0v) is 15.8.